The molecule has 2 atom stereocenters. The van der Waals surface area contributed by atoms with Crippen LogP contribution in [0.25, 0.3) is 0 Å². The number of rotatable bonds is 9. The molecule has 0 fully saturated rings. The summed E-state index contributed by atoms with van der Waals surface area (Å²) in [5.74, 6) is 0.777. The lowest BCUT2D eigenvalue weighted by atomic mass is 9.89. The summed E-state index contributed by atoms with van der Waals surface area (Å²) < 4.78 is 1.04. The Hall–Kier alpha value is -0.0500. The van der Waals surface area contributed by atoms with Gasteiger partial charge in [-0.3, -0.25) is 0 Å². The first-order valence-electron chi connectivity index (χ1n) is 7.80. The van der Waals surface area contributed by atoms with E-state index in [4.69, 9.17) is 11.6 Å². The highest BCUT2D eigenvalue weighted by molar-refractivity contribution is 9.10. The molecule has 0 bridgehead atoms. The molecule has 0 aliphatic rings. The van der Waals surface area contributed by atoms with E-state index in [1.54, 1.807) is 0 Å². The van der Waals surface area contributed by atoms with Crippen LogP contribution in [0.15, 0.2) is 22.7 Å². The van der Waals surface area contributed by atoms with Gasteiger partial charge in [0.15, 0.2) is 0 Å². The molecular weight excluding hydrogens is 334 g/mol. The molecule has 1 nitrogen and oxygen atoms in total. The van der Waals surface area contributed by atoms with Gasteiger partial charge in [0.05, 0.1) is 0 Å². The second kappa shape index (κ2) is 9.81. The van der Waals surface area contributed by atoms with Crippen molar-refractivity contribution < 1.29 is 0 Å². The normalized spacial score (nSPS) is 14.2. The molecule has 1 rings (SSSR count). The molecule has 1 aromatic rings. The van der Waals surface area contributed by atoms with Crippen molar-refractivity contribution in [3.63, 3.8) is 0 Å². The number of nitrogens with one attached hydrogen (secondary N) is 1. The van der Waals surface area contributed by atoms with Crippen LogP contribution in [0.4, 0.5) is 0 Å². The zero-order chi connectivity index (χ0) is 15.0. The predicted octanol–water partition coefficient (Wildman–Crippen LogP) is 6.36. The van der Waals surface area contributed by atoms with Gasteiger partial charge in [-0.2, -0.15) is 0 Å². The van der Waals surface area contributed by atoms with E-state index in [9.17, 15) is 0 Å². The Balaban J connectivity index is 2.81. The summed E-state index contributed by atoms with van der Waals surface area (Å²) in [5, 5.41) is 4.46. The van der Waals surface area contributed by atoms with E-state index >= 15 is 0 Å². The van der Waals surface area contributed by atoms with Gasteiger partial charge in [0.2, 0.25) is 0 Å². The lowest BCUT2D eigenvalue weighted by molar-refractivity contribution is 0.357. The van der Waals surface area contributed by atoms with Crippen LogP contribution in [0, 0.1) is 5.92 Å². The number of benzene rings is 1. The Morgan fingerprint density at radius 3 is 2.55 bits per heavy atom. The largest absolute Gasteiger partial charge is 0.310 e. The summed E-state index contributed by atoms with van der Waals surface area (Å²) in [5.41, 5.74) is 1.23. The van der Waals surface area contributed by atoms with Crippen LogP contribution in [-0.4, -0.2) is 6.54 Å². The molecule has 0 aromatic heterocycles. The monoisotopic (exact) mass is 359 g/mol. The molecule has 20 heavy (non-hydrogen) atoms. The van der Waals surface area contributed by atoms with E-state index in [0.29, 0.717) is 6.04 Å². The van der Waals surface area contributed by atoms with Crippen molar-refractivity contribution in [2.24, 2.45) is 5.92 Å². The summed E-state index contributed by atoms with van der Waals surface area (Å²) >= 11 is 9.90. The average molecular weight is 361 g/mol. The molecule has 0 saturated carbocycles. The Labute approximate surface area is 137 Å². The maximum absolute atomic E-state index is 6.42. The molecular formula is C17H27BrClN. The molecule has 114 valence electrons. The SMILES string of the molecule is CCCCC(CC)CC(NCC)c1ccc(Br)cc1Cl. The lowest BCUT2D eigenvalue weighted by Crippen LogP contribution is -2.24. The highest BCUT2D eigenvalue weighted by Gasteiger charge is 2.18. The van der Waals surface area contributed by atoms with E-state index in [0.717, 1.165) is 22.0 Å². The topological polar surface area (TPSA) is 12.0 Å². The van der Waals surface area contributed by atoms with Crippen molar-refractivity contribution in [3.8, 4) is 0 Å². The van der Waals surface area contributed by atoms with Gasteiger partial charge in [0.25, 0.3) is 0 Å². The predicted molar refractivity (Wildman–Crippen MR) is 93.5 cm³/mol. The van der Waals surface area contributed by atoms with Crippen molar-refractivity contribution in [3.05, 3.63) is 33.3 Å². The molecule has 0 aliphatic heterocycles. The quantitative estimate of drug-likeness (QED) is 0.540. The third-order valence-corrected chi connectivity index (χ3v) is 4.72. The second-order valence-electron chi connectivity index (χ2n) is 5.43. The van der Waals surface area contributed by atoms with Gasteiger partial charge in [0, 0.05) is 15.5 Å². The van der Waals surface area contributed by atoms with Crippen LogP contribution >= 0.6 is 27.5 Å². The average Bonchev–Trinajstić information content (AvgIpc) is 2.42. The summed E-state index contributed by atoms with van der Waals surface area (Å²) in [4.78, 5) is 0. The Bertz CT molecular complexity index is 395. The van der Waals surface area contributed by atoms with Crippen LogP contribution in [0.2, 0.25) is 5.02 Å². The summed E-state index contributed by atoms with van der Waals surface area (Å²) in [6, 6.07) is 6.58. The van der Waals surface area contributed by atoms with Gasteiger partial charge >= 0.3 is 0 Å². The van der Waals surface area contributed by atoms with Crippen LogP contribution in [0.1, 0.15) is 64.5 Å². The van der Waals surface area contributed by atoms with Crippen molar-refractivity contribution >= 4 is 27.5 Å². The van der Waals surface area contributed by atoms with Crippen LogP contribution in [0.3, 0.4) is 0 Å². The van der Waals surface area contributed by atoms with Crippen LogP contribution in [0.5, 0.6) is 0 Å². The fourth-order valence-corrected chi connectivity index (χ4v) is 3.47. The standard InChI is InChI=1S/C17H27BrClN/c1-4-7-8-13(5-2)11-17(20-6-3)15-10-9-14(18)12-16(15)19/h9-10,12-13,17,20H,4-8,11H2,1-3H3. The fourth-order valence-electron chi connectivity index (χ4n) is 2.67. The highest BCUT2D eigenvalue weighted by atomic mass is 79.9. The third kappa shape index (κ3) is 5.75. The van der Waals surface area contributed by atoms with Gasteiger partial charge < -0.3 is 5.32 Å². The minimum absolute atomic E-state index is 0.363. The van der Waals surface area contributed by atoms with Gasteiger partial charge in [-0.1, -0.05) is 80.1 Å². The molecule has 0 spiro atoms. The zero-order valence-electron chi connectivity index (χ0n) is 12.9. The lowest BCUT2D eigenvalue weighted by Gasteiger charge is -2.25. The second-order valence-corrected chi connectivity index (χ2v) is 6.75. The first-order valence-corrected chi connectivity index (χ1v) is 8.97. The van der Waals surface area contributed by atoms with Gasteiger partial charge in [0.1, 0.15) is 0 Å². The first kappa shape index (κ1) is 18.0. The van der Waals surface area contributed by atoms with Crippen LogP contribution in [-0.2, 0) is 0 Å². The van der Waals surface area contributed by atoms with E-state index in [2.05, 4.69) is 54.2 Å². The van der Waals surface area contributed by atoms with Crippen molar-refractivity contribution in [1.82, 2.24) is 5.32 Å². The molecule has 1 N–H and O–H groups in total. The molecule has 1 aromatic carbocycles. The summed E-state index contributed by atoms with van der Waals surface area (Å²) in [6.45, 7) is 7.70. The first-order chi connectivity index (χ1) is 9.62. The van der Waals surface area contributed by atoms with E-state index in [1.807, 2.05) is 6.07 Å². The number of hydrogen-bond acceptors (Lipinski definition) is 1. The molecule has 0 saturated heterocycles. The minimum Gasteiger partial charge on any atom is -0.310 e. The number of halogens is 2. The number of hydrogen-bond donors (Lipinski definition) is 1. The smallest absolute Gasteiger partial charge is 0.0465 e. The molecule has 2 unspecified atom stereocenters. The number of unbranched alkanes of at least 4 members (excludes halogenated alkanes) is 1. The molecule has 0 amide bonds. The fraction of sp³-hybridized carbons (Fsp3) is 0.647. The Kier molecular flexibility index (Phi) is 8.83. The zero-order valence-corrected chi connectivity index (χ0v) is 15.2. The van der Waals surface area contributed by atoms with Crippen molar-refractivity contribution in [2.75, 3.05) is 6.54 Å². The Morgan fingerprint density at radius 1 is 1.25 bits per heavy atom. The summed E-state index contributed by atoms with van der Waals surface area (Å²) in [7, 11) is 0. The third-order valence-electron chi connectivity index (χ3n) is 3.90. The van der Waals surface area contributed by atoms with Crippen LogP contribution < -0.4 is 5.32 Å². The van der Waals surface area contributed by atoms with E-state index in [1.165, 1.54) is 37.7 Å². The van der Waals surface area contributed by atoms with Gasteiger partial charge in [-0.25, -0.2) is 0 Å². The minimum atomic E-state index is 0.363. The molecule has 0 aliphatic carbocycles. The van der Waals surface area contributed by atoms with Crippen molar-refractivity contribution in [2.45, 2.75) is 58.9 Å². The van der Waals surface area contributed by atoms with E-state index < -0.39 is 0 Å². The van der Waals surface area contributed by atoms with Gasteiger partial charge in [-0.05, 0) is 36.6 Å². The molecule has 0 heterocycles. The molecule has 0 radical (unpaired) electrons. The molecule has 3 heteroatoms. The van der Waals surface area contributed by atoms with E-state index in [-0.39, 0.29) is 0 Å². The Morgan fingerprint density at radius 2 is 2.00 bits per heavy atom. The highest BCUT2D eigenvalue weighted by Crippen LogP contribution is 2.32. The van der Waals surface area contributed by atoms with Crippen molar-refractivity contribution in [1.29, 1.82) is 0 Å². The summed E-state index contributed by atoms with van der Waals surface area (Å²) in [6.07, 6.45) is 6.34. The maximum atomic E-state index is 6.42. The maximum Gasteiger partial charge on any atom is 0.0465 e. The van der Waals surface area contributed by atoms with Gasteiger partial charge in [-0.15, -0.1) is 0 Å².